The highest BCUT2D eigenvalue weighted by atomic mass is 35.5. The lowest BCUT2D eigenvalue weighted by Gasteiger charge is -2.19. The molecule has 1 aromatic rings. The number of benzene rings is 1. The maximum absolute atomic E-state index is 11.4. The molecule has 1 amide bonds. The topological polar surface area (TPSA) is 75.6 Å². The molecule has 2 N–H and O–H groups in total. The van der Waals surface area contributed by atoms with Gasteiger partial charge in [0.2, 0.25) is 0 Å². The van der Waals surface area contributed by atoms with E-state index >= 15 is 0 Å². The van der Waals surface area contributed by atoms with Gasteiger partial charge in [0, 0.05) is 11.6 Å². The molecule has 5 nitrogen and oxygen atoms in total. The molecule has 0 unspecified atom stereocenters. The van der Waals surface area contributed by atoms with Gasteiger partial charge >= 0.3 is 12.1 Å². The molecule has 0 bridgehead atoms. The molecule has 1 rings (SSSR count). The number of carboxylic acids is 1. The van der Waals surface area contributed by atoms with Crippen LogP contribution in [0.4, 0.5) is 4.79 Å². The summed E-state index contributed by atoms with van der Waals surface area (Å²) in [4.78, 5) is 22.3. The van der Waals surface area contributed by atoms with E-state index in [0.717, 1.165) is 0 Å². The highest BCUT2D eigenvalue weighted by molar-refractivity contribution is 6.32. The Kier molecular flexibility index (Phi) is 6.43. The quantitative estimate of drug-likeness (QED) is 0.803. The second kappa shape index (κ2) is 7.84. The lowest BCUT2D eigenvalue weighted by molar-refractivity contribution is 0.0528. The van der Waals surface area contributed by atoms with Crippen molar-refractivity contribution in [3.63, 3.8) is 0 Å². The van der Waals surface area contributed by atoms with E-state index in [9.17, 15) is 9.59 Å². The van der Waals surface area contributed by atoms with Gasteiger partial charge in [0.25, 0.3) is 0 Å². The molecule has 6 heteroatoms. The van der Waals surface area contributed by atoms with E-state index in [0.29, 0.717) is 23.6 Å². The third kappa shape index (κ3) is 6.63. The Morgan fingerprint density at radius 1 is 1.36 bits per heavy atom. The zero-order valence-electron chi connectivity index (χ0n) is 12.9. The predicted molar refractivity (Wildman–Crippen MR) is 86.3 cm³/mol. The first-order chi connectivity index (χ1) is 10.2. The molecule has 0 saturated carbocycles. The Morgan fingerprint density at radius 2 is 2.05 bits per heavy atom. The van der Waals surface area contributed by atoms with Crippen molar-refractivity contribution in [3.8, 4) is 0 Å². The monoisotopic (exact) mass is 325 g/mol. The minimum atomic E-state index is -1.00. The summed E-state index contributed by atoms with van der Waals surface area (Å²) in [7, 11) is 0. The SMILES string of the molecule is CC(C)(C)OC(=O)NCCC=Cc1cc(C(=O)O)ccc1Cl. The molecule has 0 aromatic heterocycles. The number of hydrogen-bond acceptors (Lipinski definition) is 3. The second-order valence-electron chi connectivity index (χ2n) is 5.66. The Morgan fingerprint density at radius 3 is 2.64 bits per heavy atom. The van der Waals surface area contributed by atoms with Crippen molar-refractivity contribution in [1.29, 1.82) is 0 Å². The standard InChI is InChI=1S/C16H20ClNO4/c1-16(2,3)22-15(21)18-9-5-4-6-11-10-12(14(19)20)7-8-13(11)17/h4,6-8,10H,5,9H2,1-3H3,(H,18,21)(H,19,20). The summed E-state index contributed by atoms with van der Waals surface area (Å²) in [6, 6.07) is 4.50. The van der Waals surface area contributed by atoms with E-state index in [1.54, 1.807) is 32.9 Å². The number of nitrogens with one attached hydrogen (secondary N) is 1. The van der Waals surface area contributed by atoms with E-state index in [2.05, 4.69) is 5.32 Å². The molecular weight excluding hydrogens is 306 g/mol. The number of ether oxygens (including phenoxy) is 1. The van der Waals surface area contributed by atoms with Gasteiger partial charge in [-0.2, -0.15) is 0 Å². The first kappa shape index (κ1) is 18.0. The van der Waals surface area contributed by atoms with Crippen LogP contribution in [0.2, 0.25) is 5.02 Å². The van der Waals surface area contributed by atoms with E-state index in [1.807, 2.05) is 6.08 Å². The Bertz CT molecular complexity index is 576. The van der Waals surface area contributed by atoms with E-state index in [-0.39, 0.29) is 5.56 Å². The number of halogens is 1. The predicted octanol–water partition coefficient (Wildman–Crippen LogP) is 3.97. The third-order valence-electron chi connectivity index (χ3n) is 2.52. The van der Waals surface area contributed by atoms with E-state index < -0.39 is 17.7 Å². The molecule has 0 atom stereocenters. The number of aromatic carboxylic acids is 1. The molecule has 0 heterocycles. The number of alkyl carbamates (subject to hydrolysis) is 1. The zero-order chi connectivity index (χ0) is 16.8. The summed E-state index contributed by atoms with van der Waals surface area (Å²) < 4.78 is 5.10. The van der Waals surface area contributed by atoms with Crippen LogP contribution in [-0.2, 0) is 4.74 Å². The fraction of sp³-hybridized carbons (Fsp3) is 0.375. The highest BCUT2D eigenvalue weighted by Gasteiger charge is 2.15. The number of rotatable bonds is 5. The smallest absolute Gasteiger partial charge is 0.407 e. The number of carboxylic acid groups (broad SMARTS) is 1. The lowest BCUT2D eigenvalue weighted by atomic mass is 10.1. The van der Waals surface area contributed by atoms with Gasteiger partial charge in [0.1, 0.15) is 5.60 Å². The summed E-state index contributed by atoms with van der Waals surface area (Å²) in [5, 5.41) is 12.0. The number of carbonyl (C=O) groups is 2. The Balaban J connectivity index is 2.48. The van der Waals surface area contributed by atoms with Gasteiger partial charge in [0.05, 0.1) is 5.56 Å². The minimum Gasteiger partial charge on any atom is -0.478 e. The van der Waals surface area contributed by atoms with Crippen molar-refractivity contribution < 1.29 is 19.4 Å². The molecule has 0 spiro atoms. The number of amides is 1. The first-order valence-corrected chi connectivity index (χ1v) is 7.23. The van der Waals surface area contributed by atoms with Crippen molar-refractivity contribution in [3.05, 3.63) is 40.4 Å². The van der Waals surface area contributed by atoms with Crippen LogP contribution in [0.3, 0.4) is 0 Å². The molecule has 0 aliphatic rings. The summed E-state index contributed by atoms with van der Waals surface area (Å²) in [6.45, 7) is 5.80. The first-order valence-electron chi connectivity index (χ1n) is 6.85. The third-order valence-corrected chi connectivity index (χ3v) is 2.86. The normalized spacial score (nSPS) is 11.5. The van der Waals surface area contributed by atoms with Crippen LogP contribution in [0.15, 0.2) is 24.3 Å². The molecule has 22 heavy (non-hydrogen) atoms. The number of hydrogen-bond donors (Lipinski definition) is 2. The van der Waals surface area contributed by atoms with Crippen molar-refractivity contribution in [1.82, 2.24) is 5.32 Å². The summed E-state index contributed by atoms with van der Waals surface area (Å²) in [5.41, 5.74) is 0.278. The zero-order valence-corrected chi connectivity index (χ0v) is 13.6. The fourth-order valence-corrected chi connectivity index (χ4v) is 1.77. The molecular formula is C16H20ClNO4. The molecule has 0 fully saturated rings. The van der Waals surface area contributed by atoms with Crippen molar-refractivity contribution in [2.24, 2.45) is 0 Å². The molecule has 0 aliphatic heterocycles. The van der Waals surface area contributed by atoms with Crippen LogP contribution in [0, 0.1) is 0 Å². The van der Waals surface area contributed by atoms with Crippen LogP contribution >= 0.6 is 11.6 Å². The average Bonchev–Trinajstić information content (AvgIpc) is 2.37. The van der Waals surface area contributed by atoms with E-state index in [1.165, 1.54) is 12.1 Å². The summed E-state index contributed by atoms with van der Waals surface area (Å²) in [6.07, 6.45) is 3.65. The van der Waals surface area contributed by atoms with Gasteiger partial charge in [-0.05, 0) is 51.0 Å². The maximum atomic E-state index is 11.4. The van der Waals surface area contributed by atoms with Gasteiger partial charge in [0.15, 0.2) is 0 Å². The lowest BCUT2D eigenvalue weighted by Crippen LogP contribution is -2.32. The van der Waals surface area contributed by atoms with Gasteiger partial charge in [-0.15, -0.1) is 0 Å². The van der Waals surface area contributed by atoms with Crippen molar-refractivity contribution in [2.75, 3.05) is 6.54 Å². The van der Waals surface area contributed by atoms with Gasteiger partial charge in [-0.3, -0.25) is 0 Å². The maximum Gasteiger partial charge on any atom is 0.407 e. The fourth-order valence-electron chi connectivity index (χ4n) is 1.59. The molecule has 0 saturated heterocycles. The molecule has 0 aliphatic carbocycles. The largest absolute Gasteiger partial charge is 0.478 e. The summed E-state index contributed by atoms with van der Waals surface area (Å²) >= 11 is 6.00. The van der Waals surface area contributed by atoms with Crippen LogP contribution in [-0.4, -0.2) is 29.3 Å². The van der Waals surface area contributed by atoms with Crippen LogP contribution in [0.1, 0.15) is 43.1 Å². The summed E-state index contributed by atoms with van der Waals surface area (Å²) in [5.74, 6) is -1.00. The van der Waals surface area contributed by atoms with Crippen LogP contribution < -0.4 is 5.32 Å². The minimum absolute atomic E-state index is 0.177. The number of carbonyl (C=O) groups excluding carboxylic acids is 1. The molecule has 120 valence electrons. The van der Waals surface area contributed by atoms with E-state index in [4.69, 9.17) is 21.4 Å². The second-order valence-corrected chi connectivity index (χ2v) is 6.07. The van der Waals surface area contributed by atoms with Gasteiger partial charge < -0.3 is 15.2 Å². The van der Waals surface area contributed by atoms with Crippen LogP contribution in [0.25, 0.3) is 6.08 Å². The molecule has 1 aromatic carbocycles. The highest BCUT2D eigenvalue weighted by Crippen LogP contribution is 2.19. The Hall–Kier alpha value is -2.01. The van der Waals surface area contributed by atoms with Gasteiger partial charge in [-0.25, -0.2) is 9.59 Å². The average molecular weight is 326 g/mol. The van der Waals surface area contributed by atoms with Gasteiger partial charge in [-0.1, -0.05) is 23.8 Å². The van der Waals surface area contributed by atoms with Crippen LogP contribution in [0.5, 0.6) is 0 Å². The van der Waals surface area contributed by atoms with Crippen molar-refractivity contribution in [2.45, 2.75) is 32.8 Å². The molecule has 0 radical (unpaired) electrons. The van der Waals surface area contributed by atoms with Crippen molar-refractivity contribution >= 4 is 29.7 Å². The Labute approximate surface area is 134 Å².